The van der Waals surface area contributed by atoms with Crippen molar-refractivity contribution in [1.29, 1.82) is 0 Å². The van der Waals surface area contributed by atoms with Crippen molar-refractivity contribution >= 4 is 26.7 Å². The van der Waals surface area contributed by atoms with Crippen molar-refractivity contribution in [1.82, 2.24) is 14.5 Å². The second-order valence-electron chi connectivity index (χ2n) is 8.35. The predicted octanol–water partition coefficient (Wildman–Crippen LogP) is 3.37. The van der Waals surface area contributed by atoms with E-state index in [9.17, 15) is 13.2 Å². The highest BCUT2D eigenvalue weighted by atomic mass is 32.2. The molecule has 0 saturated carbocycles. The van der Waals surface area contributed by atoms with Gasteiger partial charge in [-0.15, -0.1) is 0 Å². The van der Waals surface area contributed by atoms with Crippen LogP contribution in [0.25, 0.3) is 10.8 Å². The van der Waals surface area contributed by atoms with Gasteiger partial charge in [0.1, 0.15) is 0 Å². The molecule has 1 N–H and O–H groups in total. The molecule has 4 rings (SSSR count). The minimum Gasteiger partial charge on any atom is -0.351 e. The standard InChI is InChI=1S/C25H29N3O3S/c1-27(32(30,31)24-13-12-22-6-2-3-7-23(22)16-24)19-25(29)26-17-20-8-10-21(11-9-20)18-28-14-4-5-15-28/h2-3,6-13,16H,4-5,14-15,17-19H2,1H3,(H,26,29). The van der Waals surface area contributed by atoms with E-state index in [1.807, 2.05) is 36.4 Å². The molecule has 0 aliphatic carbocycles. The summed E-state index contributed by atoms with van der Waals surface area (Å²) < 4.78 is 26.9. The number of nitrogens with zero attached hydrogens (tertiary/aromatic N) is 2. The van der Waals surface area contributed by atoms with Crippen molar-refractivity contribution in [2.75, 3.05) is 26.7 Å². The highest BCUT2D eigenvalue weighted by molar-refractivity contribution is 7.89. The van der Waals surface area contributed by atoms with E-state index in [4.69, 9.17) is 0 Å². The van der Waals surface area contributed by atoms with Gasteiger partial charge in [-0.2, -0.15) is 4.31 Å². The third-order valence-electron chi connectivity index (χ3n) is 5.91. The SMILES string of the molecule is CN(CC(=O)NCc1ccc(CN2CCCC2)cc1)S(=O)(=O)c1ccc2ccccc2c1. The summed E-state index contributed by atoms with van der Waals surface area (Å²) in [6.45, 7) is 3.42. The Hall–Kier alpha value is -2.74. The third kappa shape index (κ3) is 5.35. The molecule has 1 saturated heterocycles. The van der Waals surface area contributed by atoms with Crippen molar-refractivity contribution in [3.63, 3.8) is 0 Å². The molecule has 0 unspecified atom stereocenters. The van der Waals surface area contributed by atoms with Crippen LogP contribution in [0.1, 0.15) is 24.0 Å². The quantitative estimate of drug-likeness (QED) is 0.570. The fraction of sp³-hybridized carbons (Fsp3) is 0.320. The summed E-state index contributed by atoms with van der Waals surface area (Å²) in [5.41, 5.74) is 2.26. The van der Waals surface area contributed by atoms with Crippen LogP contribution in [0.3, 0.4) is 0 Å². The number of rotatable bonds is 8. The first-order valence-electron chi connectivity index (χ1n) is 10.9. The summed E-state index contributed by atoms with van der Waals surface area (Å²) in [5.74, 6) is -0.335. The van der Waals surface area contributed by atoms with E-state index < -0.39 is 10.0 Å². The zero-order chi connectivity index (χ0) is 22.6. The molecule has 1 fully saturated rings. The Balaban J connectivity index is 1.31. The zero-order valence-electron chi connectivity index (χ0n) is 18.3. The van der Waals surface area contributed by atoms with Gasteiger partial charge in [0, 0.05) is 20.1 Å². The minimum atomic E-state index is -3.76. The minimum absolute atomic E-state index is 0.181. The Morgan fingerprint density at radius 1 is 0.938 bits per heavy atom. The van der Waals surface area contributed by atoms with Crippen LogP contribution in [0.15, 0.2) is 71.6 Å². The molecule has 32 heavy (non-hydrogen) atoms. The molecule has 1 aliphatic heterocycles. The van der Waals surface area contributed by atoms with Gasteiger partial charge in [0.15, 0.2) is 0 Å². The molecule has 0 atom stereocenters. The lowest BCUT2D eigenvalue weighted by molar-refractivity contribution is -0.121. The lowest BCUT2D eigenvalue weighted by Gasteiger charge is -2.17. The zero-order valence-corrected chi connectivity index (χ0v) is 19.1. The van der Waals surface area contributed by atoms with E-state index in [-0.39, 0.29) is 17.3 Å². The van der Waals surface area contributed by atoms with Crippen molar-refractivity contribution < 1.29 is 13.2 Å². The Bertz CT molecular complexity index is 1190. The van der Waals surface area contributed by atoms with Crippen molar-refractivity contribution in [2.45, 2.75) is 30.8 Å². The monoisotopic (exact) mass is 451 g/mol. The molecule has 7 heteroatoms. The van der Waals surface area contributed by atoms with Crippen LogP contribution in [0.4, 0.5) is 0 Å². The summed E-state index contributed by atoms with van der Waals surface area (Å²) in [6.07, 6.45) is 2.55. The van der Waals surface area contributed by atoms with Crippen LogP contribution in [-0.2, 0) is 27.9 Å². The van der Waals surface area contributed by atoms with Crippen LogP contribution >= 0.6 is 0 Å². The van der Waals surface area contributed by atoms with Crippen LogP contribution < -0.4 is 5.32 Å². The number of likely N-dealkylation sites (tertiary alicyclic amines) is 1. The van der Waals surface area contributed by atoms with Gasteiger partial charge in [-0.1, -0.05) is 54.6 Å². The largest absolute Gasteiger partial charge is 0.351 e. The second-order valence-corrected chi connectivity index (χ2v) is 10.4. The number of hydrogen-bond acceptors (Lipinski definition) is 4. The molecule has 0 radical (unpaired) electrons. The normalized spacial score (nSPS) is 14.8. The molecule has 3 aromatic carbocycles. The number of carbonyl (C=O) groups is 1. The van der Waals surface area contributed by atoms with E-state index in [1.54, 1.807) is 18.2 Å². The van der Waals surface area contributed by atoms with Gasteiger partial charge in [-0.05, 0) is 60.0 Å². The number of fused-ring (bicyclic) bond motifs is 1. The Labute approximate surface area is 189 Å². The smallest absolute Gasteiger partial charge is 0.243 e. The Morgan fingerprint density at radius 2 is 1.59 bits per heavy atom. The summed E-state index contributed by atoms with van der Waals surface area (Å²) in [4.78, 5) is 15.0. The van der Waals surface area contributed by atoms with Gasteiger partial charge in [0.25, 0.3) is 0 Å². The van der Waals surface area contributed by atoms with Crippen molar-refractivity contribution in [3.8, 4) is 0 Å². The van der Waals surface area contributed by atoms with Crippen LogP contribution in [0, 0.1) is 0 Å². The van der Waals surface area contributed by atoms with E-state index in [1.165, 1.54) is 25.5 Å². The number of hydrogen-bond donors (Lipinski definition) is 1. The summed E-state index contributed by atoms with van der Waals surface area (Å²) in [7, 11) is -2.33. The fourth-order valence-corrected chi connectivity index (χ4v) is 5.18. The molecule has 0 bridgehead atoms. The number of amides is 1. The Kier molecular flexibility index (Phi) is 6.89. The van der Waals surface area contributed by atoms with E-state index >= 15 is 0 Å². The van der Waals surface area contributed by atoms with E-state index in [0.717, 1.165) is 40.3 Å². The van der Waals surface area contributed by atoms with Crippen molar-refractivity contribution in [3.05, 3.63) is 77.9 Å². The molecule has 0 spiro atoms. The average Bonchev–Trinajstić information content (AvgIpc) is 3.31. The average molecular weight is 452 g/mol. The molecule has 1 heterocycles. The van der Waals surface area contributed by atoms with Gasteiger partial charge in [-0.25, -0.2) is 8.42 Å². The molecule has 0 aromatic heterocycles. The van der Waals surface area contributed by atoms with Gasteiger partial charge >= 0.3 is 0 Å². The third-order valence-corrected chi connectivity index (χ3v) is 7.71. The summed E-state index contributed by atoms with van der Waals surface area (Å²) >= 11 is 0. The second kappa shape index (κ2) is 9.81. The predicted molar refractivity (Wildman–Crippen MR) is 127 cm³/mol. The van der Waals surface area contributed by atoms with Gasteiger partial charge in [0.05, 0.1) is 11.4 Å². The lowest BCUT2D eigenvalue weighted by Crippen LogP contribution is -2.38. The van der Waals surface area contributed by atoms with Gasteiger partial charge < -0.3 is 5.32 Å². The first kappa shape index (κ1) is 22.5. The molecule has 1 amide bonds. The molecular weight excluding hydrogens is 422 g/mol. The number of likely N-dealkylation sites (N-methyl/N-ethyl adjacent to an activating group) is 1. The molecule has 1 aliphatic rings. The topological polar surface area (TPSA) is 69.7 Å². The molecule has 6 nitrogen and oxygen atoms in total. The van der Waals surface area contributed by atoms with Crippen molar-refractivity contribution in [2.24, 2.45) is 0 Å². The number of sulfonamides is 1. The highest BCUT2D eigenvalue weighted by Crippen LogP contribution is 2.21. The maximum absolute atomic E-state index is 12.9. The van der Waals surface area contributed by atoms with E-state index in [0.29, 0.717) is 6.54 Å². The molecular formula is C25H29N3O3S. The summed E-state index contributed by atoms with van der Waals surface area (Å²) in [6, 6.07) is 20.8. The lowest BCUT2D eigenvalue weighted by atomic mass is 10.1. The molecule has 3 aromatic rings. The van der Waals surface area contributed by atoms with E-state index in [2.05, 4.69) is 22.3 Å². The maximum atomic E-state index is 12.9. The number of nitrogens with one attached hydrogen (secondary N) is 1. The summed E-state index contributed by atoms with van der Waals surface area (Å²) in [5, 5.41) is 4.64. The van der Waals surface area contributed by atoms with Gasteiger partial charge in [0.2, 0.25) is 15.9 Å². The number of carbonyl (C=O) groups excluding carboxylic acids is 1. The Morgan fingerprint density at radius 3 is 2.31 bits per heavy atom. The molecule has 168 valence electrons. The fourth-order valence-electron chi connectivity index (χ4n) is 4.01. The number of benzene rings is 3. The van der Waals surface area contributed by atoms with Crippen LogP contribution in [0.2, 0.25) is 0 Å². The van der Waals surface area contributed by atoms with Crippen LogP contribution in [0.5, 0.6) is 0 Å². The highest BCUT2D eigenvalue weighted by Gasteiger charge is 2.23. The maximum Gasteiger partial charge on any atom is 0.243 e. The van der Waals surface area contributed by atoms with Gasteiger partial charge in [-0.3, -0.25) is 9.69 Å². The van der Waals surface area contributed by atoms with Crippen LogP contribution in [-0.4, -0.2) is 50.2 Å². The first-order valence-corrected chi connectivity index (χ1v) is 12.4. The first-order chi connectivity index (χ1) is 15.4.